The van der Waals surface area contributed by atoms with E-state index in [0.717, 1.165) is 29.7 Å². The van der Waals surface area contributed by atoms with Crippen molar-refractivity contribution in [1.29, 1.82) is 0 Å². The van der Waals surface area contributed by atoms with E-state index in [1.165, 1.54) is 6.07 Å². The first-order chi connectivity index (χ1) is 16.8. The van der Waals surface area contributed by atoms with Gasteiger partial charge in [-0.2, -0.15) is 13.2 Å². The minimum atomic E-state index is -4.92. The maximum absolute atomic E-state index is 12.8. The lowest BCUT2D eigenvalue weighted by Gasteiger charge is -2.36. The van der Waals surface area contributed by atoms with Crippen molar-refractivity contribution in [2.45, 2.75) is 52.3 Å². The van der Waals surface area contributed by atoms with E-state index in [9.17, 15) is 26.4 Å². The number of azo groups is 1. The lowest BCUT2D eigenvalue weighted by Crippen LogP contribution is -2.35. The summed E-state index contributed by atoms with van der Waals surface area (Å²) in [4.78, 5) is 14.0. The first-order valence-electron chi connectivity index (χ1n) is 11.2. The fraction of sp³-hybridized carbons (Fsp3) is 0.571. The average molecular weight is 549 g/mol. The Morgan fingerprint density at radius 2 is 2.03 bits per heavy atom. The second-order valence-electron chi connectivity index (χ2n) is 8.77. The summed E-state index contributed by atoms with van der Waals surface area (Å²) in [6.07, 6.45) is -2.53. The molecule has 2 heterocycles. The van der Waals surface area contributed by atoms with E-state index in [-0.39, 0.29) is 40.1 Å². The molecule has 1 aromatic heterocycles. The predicted molar refractivity (Wildman–Crippen MR) is 130 cm³/mol. The highest BCUT2D eigenvalue weighted by molar-refractivity contribution is 7.92. The van der Waals surface area contributed by atoms with Crippen LogP contribution in [0.15, 0.2) is 22.4 Å². The van der Waals surface area contributed by atoms with Gasteiger partial charge < -0.3 is 9.64 Å². The number of ether oxygens (including phenoxy) is 1. The molecule has 1 aromatic carbocycles. The molecular formula is C21H27F3N6O4S2. The third-order valence-electron chi connectivity index (χ3n) is 5.34. The van der Waals surface area contributed by atoms with Crippen LogP contribution in [0.1, 0.15) is 49.0 Å². The highest BCUT2D eigenvalue weighted by Crippen LogP contribution is 2.40. The zero-order valence-electron chi connectivity index (χ0n) is 20.2. The highest BCUT2D eigenvalue weighted by Gasteiger charge is 2.36. The molecule has 1 aliphatic rings. The maximum atomic E-state index is 12.8. The molecule has 3 rings (SSSR count). The predicted octanol–water partition coefficient (Wildman–Crippen LogP) is 5.23. The van der Waals surface area contributed by atoms with Crippen molar-refractivity contribution in [3.05, 3.63) is 22.7 Å². The van der Waals surface area contributed by atoms with Gasteiger partial charge in [0, 0.05) is 18.8 Å². The van der Waals surface area contributed by atoms with E-state index in [1.807, 2.05) is 37.4 Å². The molecule has 0 amide bonds. The molecule has 1 N–H and O–H groups in total. The number of nitrogens with one attached hydrogen (secondary N) is 1. The lowest BCUT2D eigenvalue weighted by atomic mass is 9.94. The number of hydrogen-bond donors (Lipinski definition) is 1. The molecule has 0 aliphatic carbocycles. The number of esters is 1. The summed E-state index contributed by atoms with van der Waals surface area (Å²) in [7, 11) is -2.91. The van der Waals surface area contributed by atoms with Crippen LogP contribution >= 0.6 is 11.3 Å². The SMILES string of the molecule is CCC1CCc2cc(N=Nc3nnc(C(=O)OCC(C)C)s3)c(NS(=O)(=O)CC(F)(F)F)cc2N1C. The first-order valence-corrected chi connectivity index (χ1v) is 13.6. The van der Waals surface area contributed by atoms with Crippen LogP contribution in [0.3, 0.4) is 0 Å². The number of sulfonamides is 1. The molecule has 0 saturated carbocycles. The Labute approximate surface area is 211 Å². The summed E-state index contributed by atoms with van der Waals surface area (Å²) >= 11 is 0.818. The minimum absolute atomic E-state index is 0.00326. The Morgan fingerprint density at radius 1 is 1.31 bits per heavy atom. The van der Waals surface area contributed by atoms with Crippen LogP contribution < -0.4 is 9.62 Å². The third-order valence-corrected chi connectivity index (χ3v) is 7.37. The Bertz CT molecular complexity index is 1230. The van der Waals surface area contributed by atoms with Crippen LogP contribution in [0.5, 0.6) is 0 Å². The first kappa shape index (κ1) is 27.8. The number of carbonyl (C=O) groups is 1. The van der Waals surface area contributed by atoms with Crippen molar-refractivity contribution < 1.29 is 31.1 Å². The van der Waals surface area contributed by atoms with Crippen LogP contribution in [-0.4, -0.2) is 56.2 Å². The van der Waals surface area contributed by atoms with Gasteiger partial charge in [-0.3, -0.25) is 4.72 Å². The standard InChI is InChI=1S/C21H27F3N6O4S2/c1-5-14-7-6-13-8-15(25-27-20-28-26-18(35-20)19(31)34-10-12(2)3)16(9-17(13)30(14)4)29-36(32,33)11-21(22,23)24/h8-9,12,14,29H,5-7,10-11H2,1-4H3. The largest absolute Gasteiger partial charge is 0.460 e. The summed E-state index contributed by atoms with van der Waals surface area (Å²) < 4.78 is 69.9. The number of fused-ring (bicyclic) bond motifs is 1. The molecular weight excluding hydrogens is 521 g/mol. The molecule has 10 nitrogen and oxygen atoms in total. The fourth-order valence-corrected chi connectivity index (χ4v) is 5.22. The van der Waals surface area contributed by atoms with Gasteiger partial charge in [0.15, 0.2) is 5.75 Å². The summed E-state index contributed by atoms with van der Waals surface area (Å²) in [6.45, 7) is 5.99. The Hall–Kier alpha value is -2.81. The molecule has 0 saturated heterocycles. The van der Waals surface area contributed by atoms with Crippen molar-refractivity contribution in [3.8, 4) is 0 Å². The van der Waals surface area contributed by atoms with Crippen LogP contribution in [0.25, 0.3) is 0 Å². The van der Waals surface area contributed by atoms with Crippen molar-refractivity contribution in [2.75, 3.05) is 29.0 Å². The number of aryl methyl sites for hydroxylation is 1. The number of aromatic nitrogens is 2. The van der Waals surface area contributed by atoms with Crippen molar-refractivity contribution >= 4 is 49.5 Å². The van der Waals surface area contributed by atoms with Crippen molar-refractivity contribution in [2.24, 2.45) is 16.1 Å². The number of halogens is 3. The van der Waals surface area contributed by atoms with Gasteiger partial charge in [0.2, 0.25) is 15.0 Å². The van der Waals surface area contributed by atoms with Crippen molar-refractivity contribution in [1.82, 2.24) is 10.2 Å². The van der Waals surface area contributed by atoms with Gasteiger partial charge in [0.1, 0.15) is 5.69 Å². The number of benzene rings is 1. The van der Waals surface area contributed by atoms with E-state index in [4.69, 9.17) is 4.74 Å². The lowest BCUT2D eigenvalue weighted by molar-refractivity contribution is -0.106. The average Bonchev–Trinajstić information content (AvgIpc) is 3.24. The van der Waals surface area contributed by atoms with Crippen molar-refractivity contribution in [3.63, 3.8) is 0 Å². The van der Waals surface area contributed by atoms with E-state index >= 15 is 0 Å². The number of hydrogen-bond acceptors (Lipinski definition) is 10. The van der Waals surface area contributed by atoms with E-state index < -0.39 is 27.9 Å². The molecule has 2 aromatic rings. The molecule has 1 unspecified atom stereocenters. The minimum Gasteiger partial charge on any atom is -0.460 e. The highest BCUT2D eigenvalue weighted by atomic mass is 32.2. The maximum Gasteiger partial charge on any atom is 0.404 e. The number of nitrogens with zero attached hydrogens (tertiary/aromatic N) is 5. The van der Waals surface area contributed by atoms with Gasteiger partial charge in [0.25, 0.3) is 5.13 Å². The van der Waals surface area contributed by atoms with Gasteiger partial charge in [-0.1, -0.05) is 32.1 Å². The second kappa shape index (κ2) is 11.1. The van der Waals surface area contributed by atoms with Gasteiger partial charge >= 0.3 is 12.1 Å². The van der Waals surface area contributed by atoms with Gasteiger partial charge in [-0.15, -0.1) is 20.4 Å². The van der Waals surface area contributed by atoms with Gasteiger partial charge in [-0.05, 0) is 42.9 Å². The monoisotopic (exact) mass is 548 g/mol. The van der Waals surface area contributed by atoms with Crippen LogP contribution in [0.4, 0.5) is 35.4 Å². The summed E-state index contributed by atoms with van der Waals surface area (Å²) in [5.74, 6) is -2.57. The smallest absolute Gasteiger partial charge is 0.404 e. The molecule has 15 heteroatoms. The zero-order valence-corrected chi connectivity index (χ0v) is 21.8. The molecule has 0 bridgehead atoms. The quantitative estimate of drug-likeness (QED) is 0.336. The Balaban J connectivity index is 1.93. The zero-order chi connectivity index (χ0) is 26.7. The summed E-state index contributed by atoms with van der Waals surface area (Å²) in [6, 6.07) is 3.26. The summed E-state index contributed by atoms with van der Waals surface area (Å²) in [5.41, 5.74) is 1.42. The van der Waals surface area contributed by atoms with E-state index in [1.54, 1.807) is 6.07 Å². The molecule has 198 valence electrons. The normalized spacial score (nSPS) is 16.4. The molecule has 0 radical (unpaired) electrons. The molecule has 1 atom stereocenters. The summed E-state index contributed by atoms with van der Waals surface area (Å²) in [5, 5.41) is 15.4. The van der Waals surface area contributed by atoms with Crippen LogP contribution in [0, 0.1) is 5.92 Å². The number of rotatable bonds is 9. The molecule has 36 heavy (non-hydrogen) atoms. The van der Waals surface area contributed by atoms with Crippen LogP contribution in [-0.2, 0) is 21.2 Å². The Morgan fingerprint density at radius 3 is 2.67 bits per heavy atom. The number of anilines is 2. The van der Waals surface area contributed by atoms with Crippen LogP contribution in [0.2, 0.25) is 0 Å². The number of alkyl halides is 3. The van der Waals surface area contributed by atoms with E-state index in [2.05, 4.69) is 20.4 Å². The van der Waals surface area contributed by atoms with E-state index in [0.29, 0.717) is 12.1 Å². The van der Waals surface area contributed by atoms with Gasteiger partial charge in [0.05, 0.1) is 12.3 Å². The molecule has 0 spiro atoms. The second-order valence-corrected chi connectivity index (χ2v) is 11.4. The number of carbonyl (C=O) groups excluding carboxylic acids is 1. The Kier molecular flexibility index (Phi) is 8.54. The fourth-order valence-electron chi connectivity index (χ4n) is 3.66. The van der Waals surface area contributed by atoms with Gasteiger partial charge in [-0.25, -0.2) is 13.2 Å². The molecule has 1 aliphatic heterocycles. The molecule has 0 fully saturated rings. The third kappa shape index (κ3) is 7.35. The topological polar surface area (TPSA) is 126 Å².